The highest BCUT2D eigenvalue weighted by Crippen LogP contribution is 2.33. The molecule has 0 unspecified atom stereocenters. The molecule has 1 heterocycles. The number of hydrogen-bond acceptors (Lipinski definition) is 13. The number of benzene rings is 2. The molecule has 2 aromatic carbocycles. The van der Waals surface area contributed by atoms with E-state index in [1.807, 2.05) is 31.2 Å². The van der Waals surface area contributed by atoms with Crippen LogP contribution in [0, 0.1) is 0 Å². The number of esters is 2. The number of aromatic hydroxyl groups is 1. The molecule has 0 radical (unpaired) electrons. The van der Waals surface area contributed by atoms with Gasteiger partial charge in [-0.2, -0.15) is 0 Å². The predicted octanol–water partition coefficient (Wildman–Crippen LogP) is 2.72. The average molecular weight is 718 g/mol. The molecule has 1 aliphatic rings. The van der Waals surface area contributed by atoms with E-state index in [9.17, 15) is 40.2 Å². The van der Waals surface area contributed by atoms with Crippen molar-refractivity contribution >= 4 is 18.0 Å². The zero-order chi connectivity index (χ0) is 37.3. The summed E-state index contributed by atoms with van der Waals surface area (Å²) in [4.78, 5) is 27.1. The van der Waals surface area contributed by atoms with E-state index >= 15 is 0 Å². The van der Waals surface area contributed by atoms with E-state index in [1.165, 1.54) is 25.3 Å². The second kappa shape index (κ2) is 21.7. The molecular formula is C38H55NO12. The van der Waals surface area contributed by atoms with E-state index in [4.69, 9.17) is 18.9 Å². The summed E-state index contributed by atoms with van der Waals surface area (Å²) in [6, 6.07) is 12.0. The highest BCUT2D eigenvalue weighted by Gasteiger charge is 2.49. The first kappa shape index (κ1) is 41.9. The number of ether oxygens (including phenoxy) is 4. The van der Waals surface area contributed by atoms with Gasteiger partial charge in [0.05, 0.1) is 13.2 Å². The average Bonchev–Trinajstić information content (AvgIpc) is 3.10. The standard InChI is InChI=1S/C38H55NO12/c1-4-5-6-7-11-33(44)50-35-34(45)32(23-39-22-24(2)42)49-38(47)36(35)51-37(46)29(19-26-12-13-30(43)31(20-26)48-3)21-28(15-17-41)27-10-8-9-25(18-27)14-16-40/h8-10,12-13,18-20,24,28,32,34-36,38-43,45,47H,4-7,11,14-17,21-23H2,1-3H3/t24-,28-,32-,34-,35-,36+,38+/m0/s1. The van der Waals surface area contributed by atoms with Crippen LogP contribution < -0.4 is 10.1 Å². The van der Waals surface area contributed by atoms with Gasteiger partial charge in [-0.25, -0.2) is 4.79 Å². The lowest BCUT2D eigenvalue weighted by molar-refractivity contribution is -0.287. The minimum Gasteiger partial charge on any atom is -0.504 e. The Labute approximate surface area is 299 Å². The number of nitrogens with one attached hydrogen (secondary N) is 1. The van der Waals surface area contributed by atoms with Crippen molar-refractivity contribution in [1.29, 1.82) is 0 Å². The van der Waals surface area contributed by atoms with Crippen LogP contribution in [0.5, 0.6) is 11.5 Å². The molecule has 13 heteroatoms. The molecule has 3 rings (SSSR count). The van der Waals surface area contributed by atoms with Crippen LogP contribution in [0.15, 0.2) is 48.0 Å². The van der Waals surface area contributed by atoms with Gasteiger partial charge in [-0.3, -0.25) is 4.79 Å². The van der Waals surface area contributed by atoms with E-state index in [0.717, 1.165) is 30.4 Å². The highest BCUT2D eigenvalue weighted by atomic mass is 16.7. The van der Waals surface area contributed by atoms with Crippen LogP contribution in [0.2, 0.25) is 0 Å². The Bertz CT molecular complexity index is 1400. The van der Waals surface area contributed by atoms with Crippen molar-refractivity contribution < 1.29 is 59.2 Å². The molecule has 0 bridgehead atoms. The van der Waals surface area contributed by atoms with E-state index in [2.05, 4.69) is 5.32 Å². The van der Waals surface area contributed by atoms with E-state index in [0.29, 0.717) is 18.4 Å². The third kappa shape index (κ3) is 13.2. The molecule has 51 heavy (non-hydrogen) atoms. The molecular weight excluding hydrogens is 662 g/mol. The predicted molar refractivity (Wildman–Crippen MR) is 189 cm³/mol. The third-order valence-corrected chi connectivity index (χ3v) is 8.74. The van der Waals surface area contributed by atoms with Crippen LogP contribution in [-0.2, 0) is 30.2 Å². The highest BCUT2D eigenvalue weighted by molar-refractivity contribution is 5.94. The monoisotopic (exact) mass is 717 g/mol. The van der Waals surface area contributed by atoms with E-state index in [-0.39, 0.29) is 68.6 Å². The normalized spacial score (nSPS) is 21.9. The van der Waals surface area contributed by atoms with Gasteiger partial charge in [0, 0.05) is 38.3 Å². The number of carbonyl (C=O) groups excluding carboxylic acids is 2. The number of hydrogen-bond donors (Lipinski definition) is 7. The number of aliphatic hydroxyl groups excluding tert-OH is 5. The molecule has 7 atom stereocenters. The van der Waals surface area contributed by atoms with Crippen molar-refractivity contribution in [3.8, 4) is 11.5 Å². The van der Waals surface area contributed by atoms with Gasteiger partial charge in [-0.1, -0.05) is 56.5 Å². The molecule has 7 N–H and O–H groups in total. The van der Waals surface area contributed by atoms with E-state index in [1.54, 1.807) is 13.0 Å². The molecule has 13 nitrogen and oxygen atoms in total. The third-order valence-electron chi connectivity index (χ3n) is 8.74. The number of aliphatic hydroxyl groups is 5. The summed E-state index contributed by atoms with van der Waals surface area (Å²) in [6.07, 6.45) is -2.48. The Balaban J connectivity index is 1.98. The summed E-state index contributed by atoms with van der Waals surface area (Å²) in [5.41, 5.74) is 2.28. The fraction of sp³-hybridized carbons (Fsp3) is 0.579. The van der Waals surface area contributed by atoms with Crippen molar-refractivity contribution in [1.82, 2.24) is 5.32 Å². The van der Waals surface area contributed by atoms with Crippen molar-refractivity contribution in [2.24, 2.45) is 0 Å². The minimum atomic E-state index is -1.79. The number of rotatable bonds is 21. The van der Waals surface area contributed by atoms with Crippen molar-refractivity contribution in [2.75, 3.05) is 33.4 Å². The van der Waals surface area contributed by atoms with Gasteiger partial charge in [-0.05, 0) is 73.4 Å². The zero-order valence-corrected chi connectivity index (χ0v) is 29.8. The summed E-state index contributed by atoms with van der Waals surface area (Å²) >= 11 is 0. The number of unbranched alkanes of at least 4 members (excludes halogenated alkanes) is 3. The van der Waals surface area contributed by atoms with Crippen LogP contribution in [0.3, 0.4) is 0 Å². The molecule has 2 aromatic rings. The lowest BCUT2D eigenvalue weighted by Crippen LogP contribution is -2.62. The van der Waals surface area contributed by atoms with Crippen molar-refractivity contribution in [3.63, 3.8) is 0 Å². The van der Waals surface area contributed by atoms with Crippen LogP contribution in [0.4, 0.5) is 0 Å². The largest absolute Gasteiger partial charge is 0.504 e. The summed E-state index contributed by atoms with van der Waals surface area (Å²) in [6.45, 7) is 3.57. The van der Waals surface area contributed by atoms with Gasteiger partial charge in [-0.15, -0.1) is 0 Å². The zero-order valence-electron chi connectivity index (χ0n) is 29.8. The summed E-state index contributed by atoms with van der Waals surface area (Å²) in [5, 5.41) is 64.7. The molecule has 0 aliphatic carbocycles. The Morgan fingerprint density at radius 2 is 1.80 bits per heavy atom. The Kier molecular flexibility index (Phi) is 17.8. The SMILES string of the molecule is CCCCCCC(=O)O[C@H]1[C@@H](O)[C@H](CNC[C@H](C)O)O[C@@H](O)[C@@H]1OC(=O)C(=Cc1ccc(O)c(OC)c1)C[C@H](CCO)c1cccc(CCO)c1. The number of phenols is 1. The molecule has 0 amide bonds. The van der Waals surface area contributed by atoms with E-state index < -0.39 is 48.7 Å². The minimum absolute atomic E-state index is 0.000364. The first-order valence-electron chi connectivity index (χ1n) is 17.7. The van der Waals surface area contributed by atoms with Gasteiger partial charge in [0.25, 0.3) is 0 Å². The van der Waals surface area contributed by atoms with Crippen molar-refractivity contribution in [2.45, 2.75) is 108 Å². The first-order chi connectivity index (χ1) is 24.5. The second-order valence-electron chi connectivity index (χ2n) is 12.9. The molecule has 0 aromatic heterocycles. The number of carbonyl (C=O) groups is 2. The van der Waals surface area contributed by atoms with Gasteiger partial charge in [0.2, 0.25) is 0 Å². The molecule has 1 saturated heterocycles. The number of phenolic OH excluding ortho intramolecular Hbond substituents is 1. The first-order valence-corrected chi connectivity index (χ1v) is 17.7. The Hall–Kier alpha value is -3.56. The topological polar surface area (TPSA) is 204 Å². The lowest BCUT2D eigenvalue weighted by atomic mass is 9.87. The molecule has 284 valence electrons. The Morgan fingerprint density at radius 3 is 2.49 bits per heavy atom. The van der Waals surface area contributed by atoms with Gasteiger partial charge < -0.3 is 54.9 Å². The van der Waals surface area contributed by atoms with Crippen LogP contribution in [0.25, 0.3) is 6.08 Å². The smallest absolute Gasteiger partial charge is 0.334 e. The molecule has 0 saturated carbocycles. The van der Waals surface area contributed by atoms with Crippen LogP contribution in [0.1, 0.15) is 81.4 Å². The van der Waals surface area contributed by atoms with Gasteiger partial charge in [0.15, 0.2) is 30.0 Å². The molecule has 1 fully saturated rings. The van der Waals surface area contributed by atoms with Crippen molar-refractivity contribution in [3.05, 3.63) is 64.7 Å². The molecule has 0 spiro atoms. The van der Waals surface area contributed by atoms with Gasteiger partial charge in [0.1, 0.15) is 12.2 Å². The summed E-state index contributed by atoms with van der Waals surface area (Å²) < 4.78 is 22.5. The Morgan fingerprint density at radius 1 is 1.02 bits per heavy atom. The van der Waals surface area contributed by atoms with Crippen LogP contribution in [-0.4, -0.2) is 113 Å². The van der Waals surface area contributed by atoms with Gasteiger partial charge >= 0.3 is 11.9 Å². The molecule has 1 aliphatic heterocycles. The lowest BCUT2D eigenvalue weighted by Gasteiger charge is -2.42. The van der Waals surface area contributed by atoms with Crippen LogP contribution >= 0.6 is 0 Å². The summed E-state index contributed by atoms with van der Waals surface area (Å²) in [7, 11) is 1.39. The summed E-state index contributed by atoms with van der Waals surface area (Å²) in [5.74, 6) is -1.85. The maximum atomic E-state index is 14.1. The number of methoxy groups -OCH3 is 1. The maximum absolute atomic E-state index is 14.1. The maximum Gasteiger partial charge on any atom is 0.334 e. The second-order valence-corrected chi connectivity index (χ2v) is 12.9. The fourth-order valence-corrected chi connectivity index (χ4v) is 6.00. The quantitative estimate of drug-likeness (QED) is 0.0565. The fourth-order valence-electron chi connectivity index (χ4n) is 6.00.